The highest BCUT2D eigenvalue weighted by Gasteiger charge is 2.22. The van der Waals surface area contributed by atoms with Gasteiger partial charge < -0.3 is 10.5 Å². The Morgan fingerprint density at radius 2 is 2.06 bits per heavy atom. The number of aryl methyl sites for hydroxylation is 1. The molecule has 2 heteroatoms. The number of hydrogen-bond donors (Lipinski definition) is 1. The van der Waals surface area contributed by atoms with Gasteiger partial charge in [0.25, 0.3) is 0 Å². The molecule has 1 aromatic rings. The summed E-state index contributed by atoms with van der Waals surface area (Å²) in [6.45, 7) is 8.19. The summed E-state index contributed by atoms with van der Waals surface area (Å²) in [5, 5.41) is 0. The molecule has 0 heterocycles. The van der Waals surface area contributed by atoms with E-state index in [9.17, 15) is 0 Å². The van der Waals surface area contributed by atoms with Crippen LogP contribution >= 0.6 is 0 Å². The SMILES string of the molecule is Cc1cc(OCC2CC2)c(C(C)C)cc1CCN. The van der Waals surface area contributed by atoms with E-state index in [4.69, 9.17) is 10.5 Å². The predicted molar refractivity (Wildman–Crippen MR) is 76.2 cm³/mol. The minimum absolute atomic E-state index is 0.497. The second-order valence-corrected chi connectivity index (χ2v) is 5.76. The Labute approximate surface area is 111 Å². The van der Waals surface area contributed by atoms with E-state index in [1.54, 1.807) is 0 Å². The molecule has 0 saturated heterocycles. The molecule has 1 aliphatic carbocycles. The molecule has 2 N–H and O–H groups in total. The molecule has 0 amide bonds. The fourth-order valence-electron chi connectivity index (χ4n) is 2.24. The number of ether oxygens (including phenoxy) is 1. The van der Waals surface area contributed by atoms with Crippen LogP contribution in [-0.2, 0) is 6.42 Å². The highest BCUT2D eigenvalue weighted by molar-refractivity contribution is 5.44. The van der Waals surface area contributed by atoms with Gasteiger partial charge in [-0.3, -0.25) is 0 Å². The maximum atomic E-state index is 6.01. The molecule has 1 aliphatic rings. The van der Waals surface area contributed by atoms with E-state index in [-0.39, 0.29) is 0 Å². The van der Waals surface area contributed by atoms with E-state index in [2.05, 4.69) is 32.9 Å². The molecule has 0 atom stereocenters. The van der Waals surface area contributed by atoms with Crippen LogP contribution in [0.25, 0.3) is 0 Å². The van der Waals surface area contributed by atoms with Gasteiger partial charge in [-0.1, -0.05) is 19.9 Å². The van der Waals surface area contributed by atoms with Gasteiger partial charge in [-0.05, 0) is 67.3 Å². The lowest BCUT2D eigenvalue weighted by Crippen LogP contribution is -2.08. The third kappa shape index (κ3) is 3.26. The van der Waals surface area contributed by atoms with E-state index < -0.39 is 0 Å². The highest BCUT2D eigenvalue weighted by Crippen LogP contribution is 2.33. The average molecular weight is 247 g/mol. The lowest BCUT2D eigenvalue weighted by Gasteiger charge is -2.17. The second kappa shape index (κ2) is 5.75. The third-order valence-electron chi connectivity index (χ3n) is 3.68. The summed E-state index contributed by atoms with van der Waals surface area (Å²) in [7, 11) is 0. The van der Waals surface area contributed by atoms with Crippen molar-refractivity contribution in [1.29, 1.82) is 0 Å². The molecule has 0 unspecified atom stereocenters. The van der Waals surface area contributed by atoms with Crippen LogP contribution in [-0.4, -0.2) is 13.2 Å². The van der Waals surface area contributed by atoms with Crippen LogP contribution in [0.2, 0.25) is 0 Å². The van der Waals surface area contributed by atoms with Crippen molar-refractivity contribution < 1.29 is 4.74 Å². The zero-order valence-electron chi connectivity index (χ0n) is 11.8. The van der Waals surface area contributed by atoms with Crippen LogP contribution in [0, 0.1) is 12.8 Å². The Hall–Kier alpha value is -1.02. The molecule has 0 spiro atoms. The fraction of sp³-hybridized carbons (Fsp3) is 0.625. The van der Waals surface area contributed by atoms with Gasteiger partial charge in [0, 0.05) is 0 Å². The summed E-state index contributed by atoms with van der Waals surface area (Å²) < 4.78 is 6.01. The second-order valence-electron chi connectivity index (χ2n) is 5.76. The first-order valence-electron chi connectivity index (χ1n) is 7.08. The Bertz CT molecular complexity index is 408. The van der Waals surface area contributed by atoms with Gasteiger partial charge in [0.1, 0.15) is 5.75 Å². The summed E-state index contributed by atoms with van der Waals surface area (Å²) in [4.78, 5) is 0. The number of benzene rings is 1. The molecule has 100 valence electrons. The maximum Gasteiger partial charge on any atom is 0.123 e. The van der Waals surface area contributed by atoms with E-state index >= 15 is 0 Å². The van der Waals surface area contributed by atoms with E-state index in [1.807, 2.05) is 0 Å². The molecule has 1 aromatic carbocycles. The topological polar surface area (TPSA) is 35.2 Å². The van der Waals surface area contributed by atoms with Crippen molar-refractivity contribution in [3.63, 3.8) is 0 Å². The van der Waals surface area contributed by atoms with Crippen LogP contribution in [0.1, 0.15) is 49.3 Å². The largest absolute Gasteiger partial charge is 0.493 e. The molecule has 0 aliphatic heterocycles. The monoisotopic (exact) mass is 247 g/mol. The van der Waals surface area contributed by atoms with E-state index in [0.29, 0.717) is 12.5 Å². The van der Waals surface area contributed by atoms with Crippen LogP contribution in [0.4, 0.5) is 0 Å². The van der Waals surface area contributed by atoms with Crippen LogP contribution < -0.4 is 10.5 Å². The lowest BCUT2D eigenvalue weighted by atomic mass is 9.95. The third-order valence-corrected chi connectivity index (χ3v) is 3.68. The first kappa shape index (κ1) is 13.4. The van der Waals surface area contributed by atoms with Gasteiger partial charge in [0.05, 0.1) is 6.61 Å². The summed E-state index contributed by atoms with van der Waals surface area (Å²) in [6.07, 6.45) is 3.62. The van der Waals surface area contributed by atoms with Gasteiger partial charge in [-0.2, -0.15) is 0 Å². The van der Waals surface area contributed by atoms with Crippen molar-refractivity contribution in [3.8, 4) is 5.75 Å². The molecule has 1 saturated carbocycles. The summed E-state index contributed by atoms with van der Waals surface area (Å²) in [6, 6.07) is 4.48. The van der Waals surface area contributed by atoms with Crippen molar-refractivity contribution in [2.24, 2.45) is 11.7 Å². The summed E-state index contributed by atoms with van der Waals surface area (Å²) in [5.74, 6) is 2.38. The molecule has 2 rings (SSSR count). The number of rotatable bonds is 6. The van der Waals surface area contributed by atoms with Crippen molar-refractivity contribution in [3.05, 3.63) is 28.8 Å². The van der Waals surface area contributed by atoms with Gasteiger partial charge in [-0.15, -0.1) is 0 Å². The molecule has 18 heavy (non-hydrogen) atoms. The minimum atomic E-state index is 0.497. The van der Waals surface area contributed by atoms with Crippen molar-refractivity contribution in [1.82, 2.24) is 0 Å². The maximum absolute atomic E-state index is 6.01. The zero-order valence-corrected chi connectivity index (χ0v) is 11.8. The van der Waals surface area contributed by atoms with Crippen LogP contribution in [0.3, 0.4) is 0 Å². The Morgan fingerprint density at radius 3 is 2.61 bits per heavy atom. The number of hydrogen-bond acceptors (Lipinski definition) is 2. The van der Waals surface area contributed by atoms with Gasteiger partial charge >= 0.3 is 0 Å². The normalized spacial score (nSPS) is 15.2. The first-order chi connectivity index (χ1) is 8.61. The minimum Gasteiger partial charge on any atom is -0.493 e. The Kier molecular flexibility index (Phi) is 4.28. The standard InChI is InChI=1S/C16H25NO/c1-11(2)15-9-14(6-7-17)12(3)8-16(15)18-10-13-4-5-13/h8-9,11,13H,4-7,10,17H2,1-3H3. The van der Waals surface area contributed by atoms with Crippen molar-refractivity contribution in [2.75, 3.05) is 13.2 Å². The Morgan fingerprint density at radius 1 is 1.33 bits per heavy atom. The molecule has 2 nitrogen and oxygen atoms in total. The van der Waals surface area contributed by atoms with E-state index in [1.165, 1.54) is 29.5 Å². The highest BCUT2D eigenvalue weighted by atomic mass is 16.5. The van der Waals surface area contributed by atoms with Crippen LogP contribution in [0.15, 0.2) is 12.1 Å². The van der Waals surface area contributed by atoms with Gasteiger partial charge in [0.2, 0.25) is 0 Å². The van der Waals surface area contributed by atoms with E-state index in [0.717, 1.165) is 24.7 Å². The molecule has 0 radical (unpaired) electrons. The van der Waals surface area contributed by atoms with Crippen molar-refractivity contribution in [2.45, 2.75) is 46.0 Å². The average Bonchev–Trinajstić information content (AvgIpc) is 3.13. The first-order valence-corrected chi connectivity index (χ1v) is 7.08. The fourth-order valence-corrected chi connectivity index (χ4v) is 2.24. The Balaban J connectivity index is 2.21. The summed E-state index contributed by atoms with van der Waals surface area (Å²) >= 11 is 0. The summed E-state index contributed by atoms with van der Waals surface area (Å²) in [5.41, 5.74) is 9.66. The quantitative estimate of drug-likeness (QED) is 0.836. The molecule has 1 fully saturated rings. The number of nitrogens with two attached hydrogens (primary N) is 1. The molecular formula is C16H25NO. The van der Waals surface area contributed by atoms with Gasteiger partial charge in [-0.25, -0.2) is 0 Å². The molecule has 0 bridgehead atoms. The smallest absolute Gasteiger partial charge is 0.123 e. The van der Waals surface area contributed by atoms with Crippen molar-refractivity contribution >= 4 is 0 Å². The molecule has 0 aromatic heterocycles. The molecular weight excluding hydrogens is 222 g/mol. The van der Waals surface area contributed by atoms with Crippen LogP contribution in [0.5, 0.6) is 5.75 Å². The van der Waals surface area contributed by atoms with Gasteiger partial charge in [0.15, 0.2) is 0 Å². The zero-order chi connectivity index (χ0) is 13.1. The predicted octanol–water partition coefficient (Wildman–Crippen LogP) is 3.41. The lowest BCUT2D eigenvalue weighted by molar-refractivity contribution is 0.295.